The first-order chi connectivity index (χ1) is 33.7. The van der Waals surface area contributed by atoms with Crippen molar-refractivity contribution in [2.24, 2.45) is 0 Å². The van der Waals surface area contributed by atoms with Gasteiger partial charge in [-0.3, -0.25) is 18.5 Å². The van der Waals surface area contributed by atoms with E-state index in [-0.39, 0.29) is 96.9 Å². The van der Waals surface area contributed by atoms with Crippen molar-refractivity contribution in [3.63, 3.8) is 0 Å². The number of hydrogen-bond acceptors (Lipinski definition) is 22. The van der Waals surface area contributed by atoms with Crippen LogP contribution in [-0.2, 0) is 35.1 Å². The molecule has 0 saturated carbocycles. The van der Waals surface area contributed by atoms with E-state index in [0.29, 0.717) is 16.9 Å². The molecule has 0 aliphatic carbocycles. The number of rotatable bonds is 23. The first-order valence-corrected chi connectivity index (χ1v) is 25.1. The van der Waals surface area contributed by atoms with Crippen molar-refractivity contribution >= 4 is 101 Å². The Bertz CT molecular complexity index is 3200. The molecule has 2 aromatic heterocycles. The van der Waals surface area contributed by atoms with Gasteiger partial charge in [0.1, 0.15) is 4.90 Å². The van der Waals surface area contributed by atoms with Gasteiger partial charge in [0, 0.05) is 43.6 Å². The lowest BCUT2D eigenvalue weighted by Gasteiger charge is -2.22. The van der Waals surface area contributed by atoms with E-state index < -0.39 is 58.7 Å². The maximum Gasteiger partial charge on any atom is 0.295 e. The number of anilines is 9. The Hall–Kier alpha value is -7.16. The molecule has 0 fully saturated rings. The smallest absolute Gasteiger partial charge is 0.295 e. The van der Waals surface area contributed by atoms with Crippen LogP contribution in [0.4, 0.5) is 52.5 Å². The minimum Gasteiger partial charge on any atom is -0.395 e. The average molecular weight is 1040 g/mol. The van der Waals surface area contributed by atoms with Gasteiger partial charge in [0.2, 0.25) is 35.6 Å². The summed E-state index contributed by atoms with van der Waals surface area (Å²) in [7, 11) is -13.9. The molecule has 2 heterocycles. The second-order valence-electron chi connectivity index (χ2n) is 14.8. The third kappa shape index (κ3) is 14.5. The quantitative estimate of drug-likeness (QED) is 0.0324. The number of carbonyl (C=O) groups is 1. The highest BCUT2D eigenvalue weighted by atomic mass is 32.2. The van der Waals surface area contributed by atoms with Crippen LogP contribution < -0.4 is 31.1 Å². The minimum absolute atomic E-state index is 0.000343. The van der Waals surface area contributed by atoms with Crippen LogP contribution in [0.5, 0.6) is 0 Å². The SMILES string of the molecule is CC(=O)N(c1ccc(S(=O)(=O)O)cc1)c1nc(Nc2ccc(C=Cc3ccc(Nc4nc(Nc5ccc(S(=O)(=O)O)cc5)nc(N(CCO)CCO)n4)cc3)c(S(=O)(=O)O)c2)nc(C(CO)NCCO)n1. The van der Waals surface area contributed by atoms with E-state index in [1.54, 1.807) is 30.3 Å². The number of nitrogens with zero attached hydrogens (tertiary/aromatic N) is 8. The number of amides is 1. The van der Waals surface area contributed by atoms with Gasteiger partial charge in [-0.2, -0.15) is 55.2 Å². The Labute approximate surface area is 406 Å². The molecular weight excluding hydrogens is 993 g/mol. The summed E-state index contributed by atoms with van der Waals surface area (Å²) in [4.78, 5) is 40.4. The monoisotopic (exact) mass is 1040 g/mol. The van der Waals surface area contributed by atoms with Crippen LogP contribution >= 0.6 is 0 Å². The van der Waals surface area contributed by atoms with E-state index in [1.807, 2.05) is 0 Å². The van der Waals surface area contributed by atoms with Crippen molar-refractivity contribution < 1.29 is 64.1 Å². The first kappa shape index (κ1) is 53.2. The number of carbonyl (C=O) groups excluding carboxylic acids is 1. The van der Waals surface area contributed by atoms with Crippen molar-refractivity contribution in [3.8, 4) is 0 Å². The molecule has 0 bridgehead atoms. The van der Waals surface area contributed by atoms with Crippen molar-refractivity contribution in [1.82, 2.24) is 35.2 Å². The van der Waals surface area contributed by atoms with E-state index >= 15 is 0 Å². The molecule has 1 unspecified atom stereocenters. The first-order valence-electron chi connectivity index (χ1n) is 20.8. The minimum atomic E-state index is -4.89. The van der Waals surface area contributed by atoms with E-state index in [9.17, 15) is 64.1 Å². The van der Waals surface area contributed by atoms with Crippen LogP contribution in [0.2, 0.25) is 0 Å². The summed E-state index contributed by atoms with van der Waals surface area (Å²) in [6.07, 6.45) is 3.00. The number of aliphatic hydroxyl groups excluding tert-OH is 4. The van der Waals surface area contributed by atoms with Crippen LogP contribution in [0, 0.1) is 0 Å². The molecule has 0 aliphatic rings. The molecular formula is C42H46N12O14S3. The topological polar surface area (TPSA) is 393 Å². The summed E-state index contributed by atoms with van der Waals surface area (Å²) in [5.74, 6) is -1.26. The predicted octanol–water partition coefficient (Wildman–Crippen LogP) is 2.29. The third-order valence-electron chi connectivity index (χ3n) is 9.77. The molecule has 0 saturated heterocycles. The van der Waals surface area contributed by atoms with Crippen molar-refractivity contribution in [3.05, 3.63) is 108 Å². The summed E-state index contributed by atoms with van der Waals surface area (Å²) < 4.78 is 101. The Morgan fingerprint density at radius 2 is 1.10 bits per heavy atom. The van der Waals surface area contributed by atoms with Gasteiger partial charge in [0.25, 0.3) is 30.4 Å². The molecule has 1 atom stereocenters. The van der Waals surface area contributed by atoms with Gasteiger partial charge in [-0.25, -0.2) is 4.90 Å². The number of hydrogen-bond donors (Lipinski definition) is 11. The normalized spacial score (nSPS) is 12.4. The van der Waals surface area contributed by atoms with Gasteiger partial charge in [0.05, 0.1) is 47.9 Å². The fourth-order valence-electron chi connectivity index (χ4n) is 6.48. The second-order valence-corrected chi connectivity index (χ2v) is 19.1. The Morgan fingerprint density at radius 1 is 0.592 bits per heavy atom. The van der Waals surface area contributed by atoms with Gasteiger partial charge in [-0.1, -0.05) is 30.4 Å². The lowest BCUT2D eigenvalue weighted by Crippen LogP contribution is -2.31. The fourth-order valence-corrected chi connectivity index (χ4v) is 8.15. The predicted molar refractivity (Wildman–Crippen MR) is 258 cm³/mol. The van der Waals surface area contributed by atoms with Crippen molar-refractivity contribution in [2.45, 2.75) is 27.7 Å². The molecule has 376 valence electrons. The number of aromatic nitrogens is 6. The lowest BCUT2D eigenvalue weighted by molar-refractivity contribution is -0.115. The standard InChI is InChI=1S/C42H46N12O14S3/c1-26(59)54(32-12-16-34(17-13-32)70(63,64)65)42-48-37(35(25-58)43-18-21-55)47-38(52-42)46-31-9-6-28(36(24-31)71(66,67)68)5-2-27-3-7-29(8-4-27)44-39-49-40(51-41(50-39)53(19-22-56)20-23-57)45-30-10-14-33(15-11-30)69(60,61)62/h2-17,24,35,43,55-58H,18-23,25H2,1H3,(H,60,61,62)(H,63,64,65)(H,66,67,68)(H,46,47,48,52)(H2,44,45,49,50,51). The van der Waals surface area contributed by atoms with Crippen molar-refractivity contribution in [2.75, 3.05) is 71.8 Å². The van der Waals surface area contributed by atoms with E-state index in [2.05, 4.69) is 51.2 Å². The summed E-state index contributed by atoms with van der Waals surface area (Å²) in [5.41, 5.74) is 1.57. The molecule has 26 nitrogen and oxygen atoms in total. The number of nitrogens with one attached hydrogen (secondary N) is 4. The molecule has 6 aromatic rings. The summed E-state index contributed by atoms with van der Waals surface area (Å²) in [6, 6.07) is 19.2. The van der Waals surface area contributed by atoms with E-state index in [4.69, 9.17) is 0 Å². The maximum atomic E-state index is 13.0. The zero-order chi connectivity index (χ0) is 51.5. The Morgan fingerprint density at radius 3 is 1.61 bits per heavy atom. The lowest BCUT2D eigenvalue weighted by atomic mass is 10.1. The van der Waals surface area contributed by atoms with Crippen LogP contribution in [-0.4, -0.2) is 141 Å². The molecule has 1 amide bonds. The third-order valence-corrected chi connectivity index (χ3v) is 12.4. The molecule has 4 aromatic carbocycles. The zero-order valence-corrected chi connectivity index (χ0v) is 39.6. The van der Waals surface area contributed by atoms with Crippen LogP contribution in [0.15, 0.2) is 106 Å². The Kier molecular flexibility index (Phi) is 17.4. The second kappa shape index (κ2) is 23.2. The van der Waals surface area contributed by atoms with E-state index in [1.165, 1.54) is 59.5 Å². The largest absolute Gasteiger partial charge is 0.395 e. The molecule has 29 heteroatoms. The van der Waals surface area contributed by atoms with Gasteiger partial charge < -0.3 is 46.6 Å². The highest BCUT2D eigenvalue weighted by molar-refractivity contribution is 7.86. The molecule has 71 heavy (non-hydrogen) atoms. The highest BCUT2D eigenvalue weighted by Crippen LogP contribution is 2.30. The fraction of sp³-hybridized carbons (Fsp3) is 0.214. The van der Waals surface area contributed by atoms with Gasteiger partial charge in [-0.15, -0.1) is 0 Å². The van der Waals surface area contributed by atoms with Crippen LogP contribution in [0.1, 0.15) is 29.9 Å². The Balaban J connectivity index is 1.26. The van der Waals surface area contributed by atoms with Gasteiger partial charge in [0.15, 0.2) is 5.82 Å². The van der Waals surface area contributed by atoms with Gasteiger partial charge in [-0.05, 0) is 83.9 Å². The summed E-state index contributed by atoms with van der Waals surface area (Å²) in [6.45, 7) is -0.197. The highest BCUT2D eigenvalue weighted by Gasteiger charge is 2.25. The number of benzene rings is 4. The maximum absolute atomic E-state index is 13.0. The summed E-state index contributed by atoms with van der Waals surface area (Å²) >= 11 is 0. The van der Waals surface area contributed by atoms with Gasteiger partial charge >= 0.3 is 0 Å². The van der Waals surface area contributed by atoms with Crippen LogP contribution in [0.25, 0.3) is 12.2 Å². The summed E-state index contributed by atoms with van der Waals surface area (Å²) in [5, 5.41) is 50.5. The average Bonchev–Trinajstić information content (AvgIpc) is 3.31. The molecule has 0 radical (unpaired) electrons. The van der Waals surface area contributed by atoms with Crippen molar-refractivity contribution in [1.29, 1.82) is 0 Å². The molecule has 0 aliphatic heterocycles. The van der Waals surface area contributed by atoms with E-state index in [0.717, 1.165) is 30.0 Å². The molecule has 6 rings (SSSR count). The van der Waals surface area contributed by atoms with Crippen LogP contribution in [0.3, 0.4) is 0 Å². The molecule has 0 spiro atoms. The zero-order valence-electron chi connectivity index (χ0n) is 37.1. The molecule has 11 N–H and O–H groups in total. The number of aliphatic hydroxyl groups is 4.